The molecule has 8 nitrogen and oxygen atoms in total. The maximum absolute atomic E-state index is 11.8. The molecule has 0 aliphatic carbocycles. The van der Waals surface area contributed by atoms with Crippen molar-refractivity contribution in [3.05, 3.63) is 22.1 Å². The molecule has 3 N–H and O–H groups in total. The monoisotopic (exact) mass is 282 g/mol. The molecule has 2 rings (SSSR count). The molecule has 0 unspecified atom stereocenters. The van der Waals surface area contributed by atoms with Gasteiger partial charge in [-0.3, -0.25) is 19.8 Å². The topological polar surface area (TPSA) is 107 Å². The number of H-pyrrole nitrogens is 2. The van der Waals surface area contributed by atoms with E-state index < -0.39 is 0 Å². The van der Waals surface area contributed by atoms with E-state index in [4.69, 9.17) is 4.74 Å². The van der Waals surface area contributed by atoms with E-state index in [9.17, 15) is 14.4 Å². The molecule has 2 amide bonds. The van der Waals surface area contributed by atoms with E-state index in [0.29, 0.717) is 32.5 Å². The molecule has 0 aromatic carbocycles. The zero-order valence-electron chi connectivity index (χ0n) is 11.3. The van der Waals surface area contributed by atoms with Gasteiger partial charge >= 0.3 is 6.09 Å². The zero-order chi connectivity index (χ0) is 14.5. The van der Waals surface area contributed by atoms with Crippen molar-refractivity contribution in [3.8, 4) is 0 Å². The molecular formula is C12H18N4O4. The fourth-order valence-corrected chi connectivity index (χ4v) is 2.14. The highest BCUT2D eigenvalue weighted by Gasteiger charge is 2.25. The van der Waals surface area contributed by atoms with Crippen LogP contribution < -0.4 is 10.9 Å². The van der Waals surface area contributed by atoms with Crippen LogP contribution in [-0.4, -0.2) is 52.8 Å². The van der Waals surface area contributed by atoms with Gasteiger partial charge in [0.05, 0.1) is 6.61 Å². The molecule has 110 valence electrons. The molecule has 0 atom stereocenters. The van der Waals surface area contributed by atoms with Gasteiger partial charge in [0, 0.05) is 25.2 Å². The Morgan fingerprint density at radius 1 is 1.40 bits per heavy atom. The van der Waals surface area contributed by atoms with E-state index in [1.807, 2.05) is 0 Å². The number of piperidine rings is 1. The number of rotatable bonds is 3. The van der Waals surface area contributed by atoms with Crippen molar-refractivity contribution in [2.75, 3.05) is 19.7 Å². The fraction of sp³-hybridized carbons (Fsp3) is 0.583. The average Bonchev–Trinajstić information content (AvgIpc) is 2.86. The van der Waals surface area contributed by atoms with Gasteiger partial charge in [-0.2, -0.15) is 0 Å². The van der Waals surface area contributed by atoms with Gasteiger partial charge in [0.15, 0.2) is 0 Å². The maximum Gasteiger partial charge on any atom is 0.409 e. The second-order valence-electron chi connectivity index (χ2n) is 4.61. The number of carbonyl (C=O) groups excluding carboxylic acids is 2. The number of nitrogens with zero attached hydrogens (tertiary/aromatic N) is 1. The minimum Gasteiger partial charge on any atom is -0.450 e. The van der Waals surface area contributed by atoms with Gasteiger partial charge in [-0.15, -0.1) is 0 Å². The lowest BCUT2D eigenvalue weighted by atomic mass is 10.1. The smallest absolute Gasteiger partial charge is 0.409 e. The number of aromatic nitrogens is 2. The lowest BCUT2D eigenvalue weighted by Crippen LogP contribution is -2.46. The van der Waals surface area contributed by atoms with Crippen LogP contribution in [-0.2, 0) is 4.74 Å². The van der Waals surface area contributed by atoms with Gasteiger partial charge in [0.25, 0.3) is 11.5 Å². The van der Waals surface area contributed by atoms with E-state index in [1.54, 1.807) is 11.8 Å². The Morgan fingerprint density at radius 2 is 2.10 bits per heavy atom. The highest BCUT2D eigenvalue weighted by molar-refractivity contribution is 5.92. The second kappa shape index (κ2) is 6.27. The van der Waals surface area contributed by atoms with E-state index in [1.165, 1.54) is 6.07 Å². The Bertz CT molecular complexity index is 528. The first-order valence-corrected chi connectivity index (χ1v) is 6.60. The Kier molecular flexibility index (Phi) is 4.44. The Hall–Kier alpha value is -2.25. The van der Waals surface area contributed by atoms with Gasteiger partial charge in [0.2, 0.25) is 0 Å². The third-order valence-electron chi connectivity index (χ3n) is 3.20. The first-order valence-electron chi connectivity index (χ1n) is 6.60. The SMILES string of the molecule is CCOC(=O)N1CCC(NC(=O)c2cc(=O)[nH][nH]2)CC1. The van der Waals surface area contributed by atoms with Gasteiger partial charge in [-0.1, -0.05) is 0 Å². The number of nitrogens with one attached hydrogen (secondary N) is 3. The lowest BCUT2D eigenvalue weighted by Gasteiger charge is -2.31. The predicted octanol–water partition coefficient (Wildman–Crippen LogP) is 0.0537. The summed E-state index contributed by atoms with van der Waals surface area (Å²) in [5.41, 5.74) is -0.130. The summed E-state index contributed by atoms with van der Waals surface area (Å²) in [6, 6.07) is 1.20. The van der Waals surface area contributed by atoms with Crippen LogP contribution in [0.4, 0.5) is 4.79 Å². The minimum absolute atomic E-state index is 0.00780. The summed E-state index contributed by atoms with van der Waals surface area (Å²) in [6.45, 7) is 3.22. The van der Waals surface area contributed by atoms with Crippen molar-refractivity contribution < 1.29 is 14.3 Å². The van der Waals surface area contributed by atoms with Crippen LogP contribution >= 0.6 is 0 Å². The van der Waals surface area contributed by atoms with Crippen molar-refractivity contribution in [3.63, 3.8) is 0 Å². The van der Waals surface area contributed by atoms with Crippen molar-refractivity contribution in [2.24, 2.45) is 0 Å². The second-order valence-corrected chi connectivity index (χ2v) is 4.61. The number of carbonyl (C=O) groups is 2. The molecule has 20 heavy (non-hydrogen) atoms. The zero-order valence-corrected chi connectivity index (χ0v) is 11.3. The van der Waals surface area contributed by atoms with Crippen molar-refractivity contribution >= 4 is 12.0 Å². The fourth-order valence-electron chi connectivity index (χ4n) is 2.14. The molecule has 0 spiro atoms. The van der Waals surface area contributed by atoms with Crippen LogP contribution in [0.3, 0.4) is 0 Å². The highest BCUT2D eigenvalue weighted by atomic mass is 16.6. The van der Waals surface area contributed by atoms with Gasteiger partial charge < -0.3 is 15.0 Å². The Labute approximate surface area is 115 Å². The summed E-state index contributed by atoms with van der Waals surface area (Å²) in [5.74, 6) is -0.321. The normalized spacial score (nSPS) is 15.9. The number of likely N-dealkylation sites (tertiary alicyclic amines) is 1. The van der Waals surface area contributed by atoms with Crippen LogP contribution in [0.2, 0.25) is 0 Å². The standard InChI is InChI=1S/C12H18N4O4/c1-2-20-12(19)16-5-3-8(4-6-16)13-11(18)9-7-10(17)15-14-9/h7-8H,2-6H2,1H3,(H,13,18)(H2,14,15,17). The molecule has 8 heteroatoms. The Balaban J connectivity index is 1.81. The summed E-state index contributed by atoms with van der Waals surface area (Å²) in [6.07, 6.45) is 1.02. The third kappa shape index (κ3) is 3.40. The van der Waals surface area contributed by atoms with Crippen LogP contribution in [0.25, 0.3) is 0 Å². The molecule has 1 aromatic heterocycles. The molecule has 1 fully saturated rings. The van der Waals surface area contributed by atoms with Crippen LogP contribution in [0, 0.1) is 0 Å². The molecule has 1 saturated heterocycles. The summed E-state index contributed by atoms with van der Waals surface area (Å²) >= 11 is 0. The summed E-state index contributed by atoms with van der Waals surface area (Å²) in [4.78, 5) is 35.9. The summed E-state index contributed by atoms with van der Waals surface area (Å²) in [5, 5.41) is 7.65. The van der Waals surface area contributed by atoms with Crippen LogP contribution in [0.15, 0.2) is 10.9 Å². The van der Waals surface area contributed by atoms with E-state index in [-0.39, 0.29) is 29.3 Å². The van der Waals surface area contributed by atoms with E-state index in [0.717, 1.165) is 0 Å². The van der Waals surface area contributed by atoms with Crippen LogP contribution in [0.5, 0.6) is 0 Å². The third-order valence-corrected chi connectivity index (χ3v) is 3.20. The summed E-state index contributed by atoms with van der Waals surface area (Å²) < 4.78 is 4.93. The van der Waals surface area contributed by atoms with E-state index in [2.05, 4.69) is 15.5 Å². The molecule has 0 saturated carbocycles. The largest absolute Gasteiger partial charge is 0.450 e. The Morgan fingerprint density at radius 3 is 2.65 bits per heavy atom. The molecule has 1 aliphatic heterocycles. The van der Waals surface area contributed by atoms with Crippen molar-refractivity contribution in [2.45, 2.75) is 25.8 Å². The van der Waals surface area contributed by atoms with Crippen molar-refractivity contribution in [1.29, 1.82) is 0 Å². The quantitative estimate of drug-likeness (QED) is 0.728. The molecule has 0 bridgehead atoms. The van der Waals surface area contributed by atoms with Crippen LogP contribution in [0.1, 0.15) is 30.3 Å². The molecule has 1 aliphatic rings. The molecule has 1 aromatic rings. The first kappa shape index (κ1) is 14.2. The minimum atomic E-state index is -0.340. The molecule has 2 heterocycles. The first-order chi connectivity index (χ1) is 9.60. The number of hydrogen-bond acceptors (Lipinski definition) is 4. The number of ether oxygens (including phenoxy) is 1. The lowest BCUT2D eigenvalue weighted by molar-refractivity contribution is 0.0856. The van der Waals surface area contributed by atoms with Crippen molar-refractivity contribution in [1.82, 2.24) is 20.4 Å². The van der Waals surface area contributed by atoms with Gasteiger partial charge in [-0.25, -0.2) is 4.79 Å². The van der Waals surface area contributed by atoms with E-state index >= 15 is 0 Å². The number of hydrogen-bond donors (Lipinski definition) is 3. The van der Waals surface area contributed by atoms with Gasteiger partial charge in [-0.05, 0) is 19.8 Å². The molecule has 0 radical (unpaired) electrons. The average molecular weight is 282 g/mol. The number of aromatic amines is 2. The number of amides is 2. The predicted molar refractivity (Wildman–Crippen MR) is 70.5 cm³/mol. The maximum atomic E-state index is 11.8. The molecular weight excluding hydrogens is 264 g/mol. The highest BCUT2D eigenvalue weighted by Crippen LogP contribution is 2.11. The summed E-state index contributed by atoms with van der Waals surface area (Å²) in [7, 11) is 0. The van der Waals surface area contributed by atoms with Gasteiger partial charge in [0.1, 0.15) is 5.69 Å².